The van der Waals surface area contributed by atoms with Crippen molar-refractivity contribution in [2.24, 2.45) is 5.92 Å². The second-order valence-corrected chi connectivity index (χ2v) is 13.9. The molecular formula is C23H29ClN6O6S2. The largest absolute Gasteiger partial charge is 0.494 e. The number of hydrogen-bond donors (Lipinski definition) is 1. The van der Waals surface area contributed by atoms with Gasteiger partial charge in [-0.2, -0.15) is 0 Å². The number of hydrogen-bond acceptors (Lipinski definition) is 10. The molecule has 0 unspecified atom stereocenters. The van der Waals surface area contributed by atoms with Gasteiger partial charge in [-0.05, 0) is 31.4 Å². The van der Waals surface area contributed by atoms with Crippen LogP contribution in [0.15, 0.2) is 30.6 Å². The highest BCUT2D eigenvalue weighted by Crippen LogP contribution is 2.37. The molecule has 0 radical (unpaired) electrons. The van der Waals surface area contributed by atoms with Gasteiger partial charge in [-0.1, -0.05) is 24.6 Å². The maximum absolute atomic E-state index is 13.5. The van der Waals surface area contributed by atoms with Crippen molar-refractivity contribution in [3.05, 3.63) is 47.3 Å². The van der Waals surface area contributed by atoms with Gasteiger partial charge in [0.25, 0.3) is 0 Å². The second kappa shape index (κ2) is 11.0. The Balaban J connectivity index is 1.75. The molecule has 1 N–H and O–H groups in total. The van der Waals surface area contributed by atoms with Crippen LogP contribution >= 0.6 is 11.6 Å². The summed E-state index contributed by atoms with van der Waals surface area (Å²) in [6, 6.07) is 5.12. The number of sulfonamides is 1. The Morgan fingerprint density at radius 2 is 1.76 bits per heavy atom. The van der Waals surface area contributed by atoms with E-state index in [9.17, 15) is 16.8 Å². The number of aromatic nitrogens is 5. The summed E-state index contributed by atoms with van der Waals surface area (Å²) in [5, 5.41) is 7.78. The molecule has 1 aromatic carbocycles. The topological polar surface area (TPSA) is 155 Å². The molecule has 3 heterocycles. The predicted molar refractivity (Wildman–Crippen MR) is 142 cm³/mol. The van der Waals surface area contributed by atoms with Crippen LogP contribution in [-0.2, 0) is 26.3 Å². The van der Waals surface area contributed by atoms with Gasteiger partial charge in [-0.3, -0.25) is 9.29 Å². The summed E-state index contributed by atoms with van der Waals surface area (Å²) in [7, 11) is -4.21. The molecule has 0 aliphatic carbocycles. The Morgan fingerprint density at radius 3 is 2.32 bits per heavy atom. The molecule has 3 atom stereocenters. The van der Waals surface area contributed by atoms with Crippen molar-refractivity contribution in [2.45, 2.75) is 37.9 Å². The SMILES string of the molecule is COc1cccc(OC)c1-n1c(C[C@H]2CCS(=O)(=O)C2)nnc1NS(=O)(=O)[C@@H](C)[C@H](C)c1ncc(Cl)cn1. The van der Waals surface area contributed by atoms with Crippen molar-refractivity contribution >= 4 is 37.4 Å². The summed E-state index contributed by atoms with van der Waals surface area (Å²) in [4.78, 5) is 8.31. The van der Waals surface area contributed by atoms with Crippen LogP contribution in [0.1, 0.15) is 37.8 Å². The lowest BCUT2D eigenvalue weighted by Crippen LogP contribution is -2.31. The number of para-hydroxylation sites is 1. The normalized spacial score (nSPS) is 18.6. The van der Waals surface area contributed by atoms with E-state index in [0.29, 0.717) is 40.3 Å². The molecule has 3 aromatic rings. The number of methoxy groups -OCH3 is 2. The Kier molecular flexibility index (Phi) is 8.14. The second-order valence-electron chi connectivity index (χ2n) is 9.16. The van der Waals surface area contributed by atoms with Gasteiger partial charge in [0.05, 0.1) is 36.0 Å². The van der Waals surface area contributed by atoms with E-state index in [1.165, 1.54) is 31.2 Å². The van der Waals surface area contributed by atoms with Crippen molar-refractivity contribution in [3.8, 4) is 17.2 Å². The van der Waals surface area contributed by atoms with Crippen molar-refractivity contribution < 1.29 is 26.3 Å². The minimum Gasteiger partial charge on any atom is -0.494 e. The lowest BCUT2D eigenvalue weighted by atomic mass is 10.0. The molecule has 0 saturated carbocycles. The van der Waals surface area contributed by atoms with E-state index in [0.717, 1.165) is 0 Å². The fourth-order valence-corrected chi connectivity index (χ4v) is 7.54. The van der Waals surface area contributed by atoms with Crippen molar-refractivity contribution in [3.63, 3.8) is 0 Å². The molecule has 0 bridgehead atoms. The summed E-state index contributed by atoms with van der Waals surface area (Å²) < 4.78 is 66.3. The van der Waals surface area contributed by atoms with E-state index >= 15 is 0 Å². The average molecular weight is 585 g/mol. The molecule has 4 rings (SSSR count). The summed E-state index contributed by atoms with van der Waals surface area (Å²) in [5.74, 6) is 0.753. The molecule has 206 valence electrons. The fourth-order valence-electron chi connectivity index (χ4n) is 4.35. The summed E-state index contributed by atoms with van der Waals surface area (Å²) in [6.45, 7) is 3.24. The molecule has 15 heteroatoms. The molecular weight excluding hydrogens is 556 g/mol. The maximum Gasteiger partial charge on any atom is 0.243 e. The molecule has 0 amide bonds. The summed E-state index contributed by atoms with van der Waals surface area (Å²) >= 11 is 5.87. The molecule has 38 heavy (non-hydrogen) atoms. The predicted octanol–water partition coefficient (Wildman–Crippen LogP) is 2.64. The standard InChI is InChI=1S/C23H29ClN6O6S2/c1-14(22-25-11-17(24)12-26-22)15(2)38(33,34)29-23-28-27-20(10-16-8-9-37(31,32)13-16)30(23)21-18(35-3)6-5-7-19(21)36-4/h5-7,11-12,14-16H,8-10,13H2,1-4H3,(H,28,29)/t14-,15-,16+/m0/s1. The molecule has 12 nitrogen and oxygen atoms in total. The van der Waals surface area contributed by atoms with E-state index in [1.54, 1.807) is 32.0 Å². The van der Waals surface area contributed by atoms with E-state index in [2.05, 4.69) is 24.9 Å². The number of anilines is 1. The monoisotopic (exact) mass is 584 g/mol. The third-order valence-corrected chi connectivity index (χ3v) is 10.5. The van der Waals surface area contributed by atoms with Crippen molar-refractivity contribution in [1.29, 1.82) is 0 Å². The van der Waals surface area contributed by atoms with Crippen LogP contribution in [0.25, 0.3) is 5.69 Å². The van der Waals surface area contributed by atoms with E-state index < -0.39 is 31.0 Å². The number of nitrogens with zero attached hydrogens (tertiary/aromatic N) is 5. The number of rotatable bonds is 10. The van der Waals surface area contributed by atoms with Gasteiger partial charge < -0.3 is 9.47 Å². The molecule has 1 fully saturated rings. The molecule has 1 saturated heterocycles. The first kappa shape index (κ1) is 28.0. The van der Waals surface area contributed by atoms with Crippen LogP contribution in [0.4, 0.5) is 5.95 Å². The van der Waals surface area contributed by atoms with Gasteiger partial charge >= 0.3 is 0 Å². The zero-order valence-corrected chi connectivity index (χ0v) is 23.7. The first-order valence-corrected chi connectivity index (χ1v) is 15.6. The lowest BCUT2D eigenvalue weighted by molar-refractivity contribution is 0.390. The van der Waals surface area contributed by atoms with Crippen molar-refractivity contribution in [1.82, 2.24) is 24.7 Å². The number of halogens is 1. The quantitative estimate of drug-likeness (QED) is 0.376. The van der Waals surface area contributed by atoms with E-state index in [1.807, 2.05) is 0 Å². The lowest BCUT2D eigenvalue weighted by Gasteiger charge is -2.21. The highest BCUT2D eigenvalue weighted by atomic mass is 35.5. The number of ether oxygens (including phenoxy) is 2. The fraction of sp³-hybridized carbons (Fsp3) is 0.478. The molecule has 1 aliphatic heterocycles. The maximum atomic E-state index is 13.5. The van der Waals surface area contributed by atoms with Gasteiger partial charge in [-0.25, -0.2) is 26.8 Å². The van der Waals surface area contributed by atoms with Crippen LogP contribution < -0.4 is 14.2 Å². The minimum atomic E-state index is -4.04. The van der Waals surface area contributed by atoms with Gasteiger partial charge in [0.1, 0.15) is 28.8 Å². The molecule has 1 aliphatic rings. The van der Waals surface area contributed by atoms with Crippen LogP contribution in [0.5, 0.6) is 11.5 Å². The summed E-state index contributed by atoms with van der Waals surface area (Å²) in [5.41, 5.74) is 0.387. The number of benzene rings is 1. The third kappa shape index (κ3) is 5.86. The Labute approximate surface area is 226 Å². The zero-order chi connectivity index (χ0) is 27.7. The third-order valence-electron chi connectivity index (χ3n) is 6.63. The first-order valence-electron chi connectivity index (χ1n) is 11.8. The first-order chi connectivity index (χ1) is 18.0. The zero-order valence-electron chi connectivity index (χ0n) is 21.3. The molecule has 0 spiro atoms. The minimum absolute atomic E-state index is 0.0274. The van der Waals surface area contributed by atoms with E-state index in [-0.39, 0.29) is 29.8 Å². The average Bonchev–Trinajstić information content (AvgIpc) is 3.43. The number of sulfone groups is 1. The Bertz CT molecular complexity index is 1490. The highest BCUT2D eigenvalue weighted by molar-refractivity contribution is 7.93. The van der Waals surface area contributed by atoms with Crippen LogP contribution in [0.3, 0.4) is 0 Å². The number of nitrogens with one attached hydrogen (secondary N) is 1. The van der Waals surface area contributed by atoms with Gasteiger partial charge in [0, 0.05) is 24.7 Å². The van der Waals surface area contributed by atoms with Crippen molar-refractivity contribution in [2.75, 3.05) is 30.4 Å². The van der Waals surface area contributed by atoms with Crippen LogP contribution in [0.2, 0.25) is 5.02 Å². The van der Waals surface area contributed by atoms with Crippen LogP contribution in [0, 0.1) is 5.92 Å². The molecule has 2 aromatic heterocycles. The Morgan fingerprint density at radius 1 is 1.13 bits per heavy atom. The van der Waals surface area contributed by atoms with Gasteiger partial charge in [0.2, 0.25) is 16.0 Å². The van der Waals surface area contributed by atoms with Crippen LogP contribution in [-0.4, -0.2) is 72.5 Å². The smallest absolute Gasteiger partial charge is 0.243 e. The summed E-state index contributed by atoms with van der Waals surface area (Å²) in [6.07, 6.45) is 3.56. The van der Waals surface area contributed by atoms with E-state index in [4.69, 9.17) is 21.1 Å². The van der Waals surface area contributed by atoms with Gasteiger partial charge in [-0.15, -0.1) is 10.2 Å². The van der Waals surface area contributed by atoms with Gasteiger partial charge in [0.15, 0.2) is 9.84 Å². The highest BCUT2D eigenvalue weighted by Gasteiger charge is 2.34. The Hall–Kier alpha value is -2.97.